The van der Waals surface area contributed by atoms with E-state index in [9.17, 15) is 4.39 Å². The number of thiophene rings is 1. The van der Waals surface area contributed by atoms with Crippen LogP contribution in [0.25, 0.3) is 0 Å². The van der Waals surface area contributed by atoms with Crippen molar-refractivity contribution in [3.63, 3.8) is 0 Å². The molecular weight excluding hydrogens is 277 g/mol. The van der Waals surface area contributed by atoms with E-state index in [4.69, 9.17) is 0 Å². The predicted octanol–water partition coefficient (Wildman–Crippen LogP) is 4.77. The van der Waals surface area contributed by atoms with Crippen LogP contribution in [0.3, 0.4) is 0 Å². The summed E-state index contributed by atoms with van der Waals surface area (Å²) >= 11 is 3.39. The second-order valence-electron chi connectivity index (χ2n) is 4.75. The van der Waals surface area contributed by atoms with Gasteiger partial charge in [0.15, 0.2) is 0 Å². The van der Waals surface area contributed by atoms with Crippen LogP contribution in [0.5, 0.6) is 0 Å². The minimum atomic E-state index is -0.0854. The van der Waals surface area contributed by atoms with Gasteiger partial charge in [0, 0.05) is 21.9 Å². The number of rotatable bonds is 3. The predicted molar refractivity (Wildman–Crippen MR) is 80.4 cm³/mol. The van der Waals surface area contributed by atoms with Gasteiger partial charge in [0.1, 0.15) is 5.82 Å². The number of fused-ring (bicyclic) bond motifs is 1. The van der Waals surface area contributed by atoms with Crippen molar-refractivity contribution in [2.45, 2.75) is 30.3 Å². The molecule has 0 fully saturated rings. The van der Waals surface area contributed by atoms with Crippen LogP contribution in [0.1, 0.15) is 35.9 Å². The van der Waals surface area contributed by atoms with E-state index < -0.39 is 0 Å². The molecule has 0 bridgehead atoms. The maximum absolute atomic E-state index is 13.8. The zero-order valence-corrected chi connectivity index (χ0v) is 12.4. The lowest BCUT2D eigenvalue weighted by molar-refractivity contribution is 0.447. The first-order valence-corrected chi connectivity index (χ1v) is 8.33. The van der Waals surface area contributed by atoms with Crippen LogP contribution < -0.4 is 5.32 Å². The van der Waals surface area contributed by atoms with Gasteiger partial charge in [0.05, 0.1) is 0 Å². The van der Waals surface area contributed by atoms with Crippen molar-refractivity contribution in [1.82, 2.24) is 5.32 Å². The van der Waals surface area contributed by atoms with Crippen LogP contribution in [0, 0.1) is 5.82 Å². The summed E-state index contributed by atoms with van der Waals surface area (Å²) in [5, 5.41) is 5.73. The Labute approximate surface area is 121 Å². The van der Waals surface area contributed by atoms with E-state index in [2.05, 4.69) is 29.8 Å². The molecule has 1 N–H and O–H groups in total. The van der Waals surface area contributed by atoms with E-state index in [-0.39, 0.29) is 11.9 Å². The largest absolute Gasteiger partial charge is 0.303 e. The third-order valence-corrected chi connectivity index (χ3v) is 5.66. The Morgan fingerprint density at radius 3 is 3.00 bits per heavy atom. The summed E-state index contributed by atoms with van der Waals surface area (Å²) < 4.78 is 13.8. The molecule has 0 saturated carbocycles. The summed E-state index contributed by atoms with van der Waals surface area (Å²) in [6, 6.07) is 10.2. The third kappa shape index (κ3) is 2.71. The highest BCUT2D eigenvalue weighted by Gasteiger charge is 2.24. The van der Waals surface area contributed by atoms with Gasteiger partial charge < -0.3 is 5.32 Å². The molecule has 0 radical (unpaired) electrons. The first kappa shape index (κ1) is 13.2. The van der Waals surface area contributed by atoms with Gasteiger partial charge in [0.2, 0.25) is 0 Å². The molecule has 100 valence electrons. The SMILES string of the molecule is CC(NC1CCSc2c(F)cccc21)c1cccs1. The lowest BCUT2D eigenvalue weighted by atomic mass is 10.0. The number of benzene rings is 1. The second kappa shape index (κ2) is 5.65. The van der Waals surface area contributed by atoms with Crippen LogP contribution in [-0.4, -0.2) is 5.75 Å². The number of hydrogen-bond donors (Lipinski definition) is 1. The Hall–Kier alpha value is -0.840. The van der Waals surface area contributed by atoms with Crippen LogP contribution in [-0.2, 0) is 0 Å². The highest BCUT2D eigenvalue weighted by atomic mass is 32.2. The van der Waals surface area contributed by atoms with E-state index in [1.807, 2.05) is 12.1 Å². The lowest BCUT2D eigenvalue weighted by Gasteiger charge is -2.28. The van der Waals surface area contributed by atoms with Crippen molar-refractivity contribution in [1.29, 1.82) is 0 Å². The van der Waals surface area contributed by atoms with Gasteiger partial charge in [-0.2, -0.15) is 0 Å². The number of halogens is 1. The molecule has 1 nitrogen and oxygen atoms in total. The Kier molecular flexibility index (Phi) is 3.91. The van der Waals surface area contributed by atoms with Crippen molar-refractivity contribution >= 4 is 23.1 Å². The molecule has 1 aromatic heterocycles. The molecule has 1 aliphatic heterocycles. The Bertz CT molecular complexity index is 553. The van der Waals surface area contributed by atoms with Gasteiger partial charge in [-0.1, -0.05) is 18.2 Å². The van der Waals surface area contributed by atoms with Crippen molar-refractivity contribution in [3.05, 3.63) is 52.0 Å². The minimum absolute atomic E-state index is 0.0854. The van der Waals surface area contributed by atoms with Crippen LogP contribution in [0.15, 0.2) is 40.6 Å². The molecule has 2 aromatic rings. The molecule has 1 aliphatic rings. The topological polar surface area (TPSA) is 12.0 Å². The summed E-state index contributed by atoms with van der Waals surface area (Å²) in [7, 11) is 0. The van der Waals surface area contributed by atoms with E-state index in [0.29, 0.717) is 6.04 Å². The van der Waals surface area contributed by atoms with Crippen molar-refractivity contribution in [2.75, 3.05) is 5.75 Å². The summed E-state index contributed by atoms with van der Waals surface area (Å²) in [6.07, 6.45) is 1.05. The van der Waals surface area contributed by atoms with Crippen LogP contribution in [0.4, 0.5) is 4.39 Å². The fraction of sp³-hybridized carbons (Fsp3) is 0.333. The Morgan fingerprint density at radius 2 is 2.21 bits per heavy atom. The quantitative estimate of drug-likeness (QED) is 0.874. The van der Waals surface area contributed by atoms with Crippen molar-refractivity contribution < 1.29 is 4.39 Å². The molecule has 2 unspecified atom stereocenters. The molecule has 0 spiro atoms. The third-order valence-electron chi connectivity index (χ3n) is 3.45. The van der Waals surface area contributed by atoms with E-state index in [1.54, 1.807) is 29.2 Å². The second-order valence-corrected chi connectivity index (χ2v) is 6.84. The summed E-state index contributed by atoms with van der Waals surface area (Å²) in [6.45, 7) is 2.17. The molecule has 4 heteroatoms. The molecule has 3 rings (SSSR count). The van der Waals surface area contributed by atoms with Crippen LogP contribution >= 0.6 is 23.1 Å². The highest BCUT2D eigenvalue weighted by molar-refractivity contribution is 7.99. The highest BCUT2D eigenvalue weighted by Crippen LogP contribution is 2.38. The summed E-state index contributed by atoms with van der Waals surface area (Å²) in [5.74, 6) is 0.890. The smallest absolute Gasteiger partial charge is 0.137 e. The Morgan fingerprint density at radius 1 is 1.32 bits per heavy atom. The molecular formula is C15H16FNS2. The first-order chi connectivity index (χ1) is 9.25. The summed E-state index contributed by atoms with van der Waals surface area (Å²) in [5.41, 5.74) is 1.11. The van der Waals surface area contributed by atoms with Crippen molar-refractivity contribution in [3.8, 4) is 0 Å². The van der Waals surface area contributed by atoms with Gasteiger partial charge in [0.25, 0.3) is 0 Å². The van der Waals surface area contributed by atoms with Gasteiger partial charge in [-0.3, -0.25) is 0 Å². The monoisotopic (exact) mass is 293 g/mol. The standard InChI is InChI=1S/C15H16FNS2/c1-10(14-6-3-8-18-14)17-13-7-9-19-15-11(13)4-2-5-12(15)16/h2-6,8,10,13,17H,7,9H2,1H3. The van der Waals surface area contributed by atoms with Crippen LogP contribution in [0.2, 0.25) is 0 Å². The fourth-order valence-corrected chi connectivity index (χ4v) is 4.37. The fourth-order valence-electron chi connectivity index (χ4n) is 2.48. The van der Waals surface area contributed by atoms with E-state index in [1.165, 1.54) is 4.88 Å². The van der Waals surface area contributed by atoms with Gasteiger partial charge in [-0.05, 0) is 42.2 Å². The minimum Gasteiger partial charge on any atom is -0.303 e. The zero-order valence-electron chi connectivity index (χ0n) is 10.7. The zero-order chi connectivity index (χ0) is 13.2. The molecule has 0 aliphatic carbocycles. The number of nitrogens with one attached hydrogen (secondary N) is 1. The van der Waals surface area contributed by atoms with Gasteiger partial charge >= 0.3 is 0 Å². The maximum atomic E-state index is 13.8. The Balaban J connectivity index is 1.82. The number of hydrogen-bond acceptors (Lipinski definition) is 3. The van der Waals surface area contributed by atoms with Gasteiger partial charge in [-0.15, -0.1) is 23.1 Å². The molecule has 19 heavy (non-hydrogen) atoms. The molecule has 2 heterocycles. The first-order valence-electron chi connectivity index (χ1n) is 6.46. The maximum Gasteiger partial charge on any atom is 0.137 e. The van der Waals surface area contributed by atoms with Crippen molar-refractivity contribution in [2.24, 2.45) is 0 Å². The average molecular weight is 293 g/mol. The molecule has 0 amide bonds. The lowest BCUT2D eigenvalue weighted by Crippen LogP contribution is -2.27. The molecule has 1 aromatic carbocycles. The average Bonchev–Trinajstić information content (AvgIpc) is 2.94. The van der Waals surface area contributed by atoms with E-state index in [0.717, 1.165) is 22.6 Å². The van der Waals surface area contributed by atoms with Gasteiger partial charge in [-0.25, -0.2) is 4.39 Å². The van der Waals surface area contributed by atoms with E-state index >= 15 is 0 Å². The normalized spacial score (nSPS) is 20.0. The number of thioether (sulfide) groups is 1. The molecule has 0 saturated heterocycles. The molecule has 2 atom stereocenters. The summed E-state index contributed by atoms with van der Waals surface area (Å²) in [4.78, 5) is 2.15.